The molecule has 1 heterocycles. The highest BCUT2D eigenvalue weighted by molar-refractivity contribution is 5.44. The fourth-order valence-corrected chi connectivity index (χ4v) is 0.871. The number of pyridine rings is 1. The monoisotopic (exact) mass is 149 g/mol. The predicted molar refractivity (Wildman–Crippen MR) is 45.6 cm³/mol. The molecule has 1 rings (SSSR count). The standard InChI is InChI=1S/C9H11NO/c1-4-8-5-7(2)6-9(10-8)11-3/h4-6H,1H2,2-3H3. The van der Waals surface area contributed by atoms with Crippen molar-refractivity contribution >= 4 is 6.08 Å². The van der Waals surface area contributed by atoms with Crippen molar-refractivity contribution < 1.29 is 4.74 Å². The smallest absolute Gasteiger partial charge is 0.213 e. The quantitative estimate of drug-likeness (QED) is 0.642. The van der Waals surface area contributed by atoms with E-state index < -0.39 is 0 Å². The van der Waals surface area contributed by atoms with Gasteiger partial charge in [-0.25, -0.2) is 4.98 Å². The molecule has 0 bridgehead atoms. The van der Waals surface area contributed by atoms with E-state index in [1.165, 1.54) is 0 Å². The first-order chi connectivity index (χ1) is 5.26. The zero-order chi connectivity index (χ0) is 8.27. The molecule has 58 valence electrons. The zero-order valence-electron chi connectivity index (χ0n) is 6.79. The molecule has 2 nitrogen and oxygen atoms in total. The highest BCUT2D eigenvalue weighted by Crippen LogP contribution is 2.11. The molecule has 1 aromatic heterocycles. The molecule has 0 aliphatic rings. The fourth-order valence-electron chi connectivity index (χ4n) is 0.871. The molecule has 0 aliphatic carbocycles. The fraction of sp³-hybridized carbons (Fsp3) is 0.222. The van der Waals surface area contributed by atoms with Crippen LogP contribution in [0.1, 0.15) is 11.3 Å². The van der Waals surface area contributed by atoms with Crippen molar-refractivity contribution in [3.8, 4) is 5.88 Å². The number of ether oxygens (including phenoxy) is 1. The molecule has 0 radical (unpaired) electrons. The SMILES string of the molecule is C=Cc1cc(C)cc(OC)n1. The lowest BCUT2D eigenvalue weighted by molar-refractivity contribution is 0.397. The van der Waals surface area contributed by atoms with Crippen LogP contribution in [-0.4, -0.2) is 12.1 Å². The Morgan fingerprint density at radius 2 is 2.27 bits per heavy atom. The van der Waals surface area contributed by atoms with Crippen LogP contribution >= 0.6 is 0 Å². The van der Waals surface area contributed by atoms with Gasteiger partial charge in [0, 0.05) is 6.07 Å². The lowest BCUT2D eigenvalue weighted by Crippen LogP contribution is -1.90. The molecular formula is C9H11NO. The number of nitrogens with zero attached hydrogens (tertiary/aromatic N) is 1. The Labute approximate surface area is 66.5 Å². The lowest BCUT2D eigenvalue weighted by atomic mass is 10.2. The van der Waals surface area contributed by atoms with E-state index in [9.17, 15) is 0 Å². The second kappa shape index (κ2) is 3.19. The molecule has 0 saturated heterocycles. The van der Waals surface area contributed by atoms with Crippen LogP contribution in [0.3, 0.4) is 0 Å². The van der Waals surface area contributed by atoms with Crippen LogP contribution < -0.4 is 4.74 Å². The van der Waals surface area contributed by atoms with Crippen LogP contribution in [-0.2, 0) is 0 Å². The lowest BCUT2D eigenvalue weighted by Gasteiger charge is -2.01. The molecule has 0 aliphatic heterocycles. The number of methoxy groups -OCH3 is 1. The highest BCUT2D eigenvalue weighted by atomic mass is 16.5. The van der Waals surface area contributed by atoms with Crippen molar-refractivity contribution in [1.29, 1.82) is 0 Å². The Bertz CT molecular complexity index is 268. The third-order valence-electron chi connectivity index (χ3n) is 1.38. The van der Waals surface area contributed by atoms with Crippen LogP contribution in [0.4, 0.5) is 0 Å². The molecule has 11 heavy (non-hydrogen) atoms. The molecule has 1 aromatic rings. The average molecular weight is 149 g/mol. The number of aryl methyl sites for hydroxylation is 1. The number of hydrogen-bond donors (Lipinski definition) is 0. The van der Waals surface area contributed by atoms with E-state index >= 15 is 0 Å². The van der Waals surface area contributed by atoms with E-state index in [0.29, 0.717) is 5.88 Å². The summed E-state index contributed by atoms with van der Waals surface area (Å²) in [6.07, 6.45) is 1.70. The molecule has 0 saturated carbocycles. The Kier molecular flexibility index (Phi) is 2.26. The average Bonchev–Trinajstić information content (AvgIpc) is 2.03. The van der Waals surface area contributed by atoms with Crippen molar-refractivity contribution in [3.05, 3.63) is 30.0 Å². The van der Waals surface area contributed by atoms with Crippen LogP contribution in [0.2, 0.25) is 0 Å². The van der Waals surface area contributed by atoms with Crippen LogP contribution in [0.5, 0.6) is 5.88 Å². The van der Waals surface area contributed by atoms with Gasteiger partial charge in [0.05, 0.1) is 12.8 Å². The van der Waals surface area contributed by atoms with Gasteiger partial charge in [0.15, 0.2) is 0 Å². The number of aromatic nitrogens is 1. The van der Waals surface area contributed by atoms with E-state index in [2.05, 4.69) is 11.6 Å². The van der Waals surface area contributed by atoms with Gasteiger partial charge >= 0.3 is 0 Å². The first-order valence-electron chi connectivity index (χ1n) is 3.41. The third-order valence-corrected chi connectivity index (χ3v) is 1.38. The van der Waals surface area contributed by atoms with Crippen LogP contribution in [0.25, 0.3) is 6.08 Å². The van der Waals surface area contributed by atoms with Crippen molar-refractivity contribution in [2.45, 2.75) is 6.92 Å². The summed E-state index contributed by atoms with van der Waals surface area (Å²) in [7, 11) is 1.61. The molecule has 0 amide bonds. The zero-order valence-corrected chi connectivity index (χ0v) is 6.79. The minimum absolute atomic E-state index is 0.639. The molecular weight excluding hydrogens is 138 g/mol. The third kappa shape index (κ3) is 1.80. The highest BCUT2D eigenvalue weighted by Gasteiger charge is 1.95. The minimum atomic E-state index is 0.639. The maximum atomic E-state index is 4.98. The molecule has 0 aromatic carbocycles. The normalized spacial score (nSPS) is 9.27. The summed E-state index contributed by atoms with van der Waals surface area (Å²) in [5.74, 6) is 0.639. The minimum Gasteiger partial charge on any atom is -0.481 e. The van der Waals surface area contributed by atoms with Crippen molar-refractivity contribution in [3.63, 3.8) is 0 Å². The van der Waals surface area contributed by atoms with E-state index in [1.54, 1.807) is 13.2 Å². The van der Waals surface area contributed by atoms with Gasteiger partial charge in [-0.1, -0.05) is 6.58 Å². The Hall–Kier alpha value is -1.31. The molecule has 0 atom stereocenters. The second-order valence-electron chi connectivity index (χ2n) is 2.32. The summed E-state index contributed by atoms with van der Waals surface area (Å²) in [5.41, 5.74) is 1.98. The predicted octanol–water partition coefficient (Wildman–Crippen LogP) is 2.04. The summed E-state index contributed by atoms with van der Waals surface area (Å²) < 4.78 is 4.98. The van der Waals surface area contributed by atoms with Gasteiger partial charge in [-0.05, 0) is 24.6 Å². The van der Waals surface area contributed by atoms with Gasteiger partial charge in [-0.15, -0.1) is 0 Å². The molecule has 2 heteroatoms. The summed E-state index contributed by atoms with van der Waals surface area (Å²) in [4.78, 5) is 4.13. The maximum absolute atomic E-state index is 4.98. The summed E-state index contributed by atoms with van der Waals surface area (Å²) in [6.45, 7) is 5.63. The molecule has 0 N–H and O–H groups in total. The van der Waals surface area contributed by atoms with E-state index in [1.807, 2.05) is 19.1 Å². The van der Waals surface area contributed by atoms with Crippen molar-refractivity contribution in [2.75, 3.05) is 7.11 Å². The van der Waals surface area contributed by atoms with E-state index in [4.69, 9.17) is 4.74 Å². The largest absolute Gasteiger partial charge is 0.481 e. The summed E-state index contributed by atoms with van der Waals surface area (Å²) in [5, 5.41) is 0. The van der Waals surface area contributed by atoms with Crippen LogP contribution in [0, 0.1) is 6.92 Å². The van der Waals surface area contributed by atoms with Gasteiger partial charge in [-0.3, -0.25) is 0 Å². The van der Waals surface area contributed by atoms with Gasteiger partial charge in [-0.2, -0.15) is 0 Å². The number of hydrogen-bond acceptors (Lipinski definition) is 2. The first kappa shape index (κ1) is 7.79. The van der Waals surface area contributed by atoms with Gasteiger partial charge in [0.2, 0.25) is 5.88 Å². The molecule has 0 fully saturated rings. The Morgan fingerprint density at radius 1 is 1.55 bits per heavy atom. The van der Waals surface area contributed by atoms with Crippen molar-refractivity contribution in [2.24, 2.45) is 0 Å². The van der Waals surface area contributed by atoms with Gasteiger partial charge in [0.25, 0.3) is 0 Å². The number of rotatable bonds is 2. The Morgan fingerprint density at radius 3 is 2.82 bits per heavy atom. The van der Waals surface area contributed by atoms with E-state index in [-0.39, 0.29) is 0 Å². The topological polar surface area (TPSA) is 22.1 Å². The van der Waals surface area contributed by atoms with Gasteiger partial charge < -0.3 is 4.74 Å². The van der Waals surface area contributed by atoms with Crippen LogP contribution in [0.15, 0.2) is 18.7 Å². The second-order valence-corrected chi connectivity index (χ2v) is 2.32. The summed E-state index contributed by atoms with van der Waals surface area (Å²) >= 11 is 0. The summed E-state index contributed by atoms with van der Waals surface area (Å²) in [6, 6.07) is 3.84. The Balaban J connectivity index is 3.11. The first-order valence-corrected chi connectivity index (χ1v) is 3.41. The maximum Gasteiger partial charge on any atom is 0.213 e. The molecule has 0 spiro atoms. The van der Waals surface area contributed by atoms with E-state index in [0.717, 1.165) is 11.3 Å². The van der Waals surface area contributed by atoms with Crippen molar-refractivity contribution in [1.82, 2.24) is 4.98 Å². The molecule has 0 unspecified atom stereocenters. The van der Waals surface area contributed by atoms with Gasteiger partial charge in [0.1, 0.15) is 0 Å².